The molecular weight excluding hydrogens is 274 g/mol. The Hall–Kier alpha value is -1.81. The third-order valence-electron chi connectivity index (χ3n) is 3.65. The zero-order valence-corrected chi connectivity index (χ0v) is 11.8. The second-order valence-electron chi connectivity index (χ2n) is 5.10. The van der Waals surface area contributed by atoms with Crippen LogP contribution in [-0.2, 0) is 24.2 Å². The van der Waals surface area contributed by atoms with Crippen molar-refractivity contribution in [2.45, 2.75) is 31.8 Å². The molecule has 20 heavy (non-hydrogen) atoms. The van der Waals surface area contributed by atoms with Crippen LogP contribution in [0.15, 0.2) is 36.8 Å². The summed E-state index contributed by atoms with van der Waals surface area (Å²) in [5.41, 5.74) is 2.05. The number of carbonyl (C=O) groups is 1. The Morgan fingerprint density at radius 3 is 3.15 bits per heavy atom. The molecule has 2 heterocycles. The topological polar surface area (TPSA) is 46.9 Å². The first kappa shape index (κ1) is 13.2. The summed E-state index contributed by atoms with van der Waals surface area (Å²) in [6.45, 7) is 0.909. The summed E-state index contributed by atoms with van der Waals surface area (Å²) in [7, 11) is 0. The quantitative estimate of drug-likeness (QED) is 0.942. The first-order valence-corrected chi connectivity index (χ1v) is 7.12. The Labute approximate surface area is 122 Å². The Balaban J connectivity index is 1.59. The Bertz CT molecular complexity index is 623. The van der Waals surface area contributed by atoms with Crippen LogP contribution >= 0.6 is 11.6 Å². The van der Waals surface area contributed by atoms with E-state index in [1.165, 1.54) is 5.69 Å². The lowest BCUT2D eigenvalue weighted by atomic mass is 10.0. The Morgan fingerprint density at radius 2 is 2.30 bits per heavy atom. The van der Waals surface area contributed by atoms with Crippen molar-refractivity contribution in [3.8, 4) is 0 Å². The van der Waals surface area contributed by atoms with Gasteiger partial charge in [-0.1, -0.05) is 29.8 Å². The maximum atomic E-state index is 12.1. The summed E-state index contributed by atoms with van der Waals surface area (Å²) < 4.78 is 2.14. The number of nitrogens with zero attached hydrogens (tertiary/aromatic N) is 2. The SMILES string of the molecule is O=C(Cc1ccccc1Cl)NC1CCn2cncc2C1. The number of fused-ring (bicyclic) bond motifs is 1. The molecule has 0 spiro atoms. The van der Waals surface area contributed by atoms with Crippen molar-refractivity contribution in [2.75, 3.05) is 0 Å². The second-order valence-corrected chi connectivity index (χ2v) is 5.51. The number of hydrogen-bond donors (Lipinski definition) is 1. The van der Waals surface area contributed by atoms with Gasteiger partial charge in [-0.2, -0.15) is 0 Å². The van der Waals surface area contributed by atoms with Gasteiger partial charge in [0.25, 0.3) is 0 Å². The smallest absolute Gasteiger partial charge is 0.224 e. The van der Waals surface area contributed by atoms with Gasteiger partial charge in [-0.3, -0.25) is 4.79 Å². The van der Waals surface area contributed by atoms with Crippen LogP contribution in [-0.4, -0.2) is 21.5 Å². The van der Waals surface area contributed by atoms with E-state index >= 15 is 0 Å². The van der Waals surface area contributed by atoms with E-state index in [1.54, 1.807) is 0 Å². The van der Waals surface area contributed by atoms with Gasteiger partial charge in [0.1, 0.15) is 0 Å². The minimum absolute atomic E-state index is 0.0241. The van der Waals surface area contributed by atoms with Crippen molar-refractivity contribution < 1.29 is 4.79 Å². The van der Waals surface area contributed by atoms with E-state index in [9.17, 15) is 4.79 Å². The van der Waals surface area contributed by atoms with Gasteiger partial charge in [0.05, 0.1) is 12.7 Å². The van der Waals surface area contributed by atoms with Gasteiger partial charge in [0.2, 0.25) is 5.91 Å². The highest BCUT2D eigenvalue weighted by Crippen LogP contribution is 2.17. The third kappa shape index (κ3) is 2.85. The summed E-state index contributed by atoms with van der Waals surface area (Å²) in [4.78, 5) is 16.2. The molecule has 1 amide bonds. The van der Waals surface area contributed by atoms with Crippen LogP contribution in [0.4, 0.5) is 0 Å². The molecule has 1 aliphatic heterocycles. The van der Waals surface area contributed by atoms with E-state index in [2.05, 4.69) is 14.9 Å². The van der Waals surface area contributed by atoms with E-state index in [-0.39, 0.29) is 11.9 Å². The highest BCUT2D eigenvalue weighted by atomic mass is 35.5. The molecule has 2 aromatic rings. The van der Waals surface area contributed by atoms with Gasteiger partial charge in [0, 0.05) is 35.9 Å². The van der Waals surface area contributed by atoms with E-state index in [1.807, 2.05) is 36.8 Å². The molecule has 4 nitrogen and oxygen atoms in total. The van der Waals surface area contributed by atoms with Crippen molar-refractivity contribution in [1.29, 1.82) is 0 Å². The number of aryl methyl sites for hydroxylation is 1. The van der Waals surface area contributed by atoms with Crippen LogP contribution < -0.4 is 5.32 Å². The van der Waals surface area contributed by atoms with Crippen LogP contribution in [0.2, 0.25) is 5.02 Å². The summed E-state index contributed by atoms with van der Waals surface area (Å²) in [6.07, 6.45) is 5.82. The lowest BCUT2D eigenvalue weighted by Gasteiger charge is -2.24. The summed E-state index contributed by atoms with van der Waals surface area (Å²) >= 11 is 6.07. The van der Waals surface area contributed by atoms with E-state index in [4.69, 9.17) is 11.6 Å². The predicted molar refractivity (Wildman–Crippen MR) is 77.6 cm³/mol. The average molecular weight is 290 g/mol. The second kappa shape index (κ2) is 5.67. The maximum absolute atomic E-state index is 12.1. The molecule has 104 valence electrons. The van der Waals surface area contributed by atoms with Crippen LogP contribution in [0.1, 0.15) is 17.7 Å². The summed E-state index contributed by atoms with van der Waals surface area (Å²) in [5, 5.41) is 3.73. The number of aromatic nitrogens is 2. The fourth-order valence-corrected chi connectivity index (χ4v) is 2.79. The number of halogens is 1. The first-order chi connectivity index (χ1) is 9.72. The first-order valence-electron chi connectivity index (χ1n) is 6.74. The predicted octanol–water partition coefficient (Wildman–Crippen LogP) is 2.21. The molecule has 0 aliphatic carbocycles. The normalized spacial score (nSPS) is 17.6. The summed E-state index contributed by atoms with van der Waals surface area (Å²) in [5.74, 6) is 0.0241. The monoisotopic (exact) mass is 289 g/mol. The fraction of sp³-hybridized carbons (Fsp3) is 0.333. The number of rotatable bonds is 3. The molecule has 0 fully saturated rings. The molecule has 3 rings (SSSR count). The molecular formula is C15H16ClN3O. The van der Waals surface area contributed by atoms with Crippen molar-refractivity contribution in [3.05, 3.63) is 53.1 Å². The molecule has 1 aliphatic rings. The van der Waals surface area contributed by atoms with Crippen LogP contribution in [0.25, 0.3) is 0 Å². The lowest BCUT2D eigenvalue weighted by molar-refractivity contribution is -0.121. The third-order valence-corrected chi connectivity index (χ3v) is 4.02. The summed E-state index contributed by atoms with van der Waals surface area (Å²) in [6, 6.07) is 7.65. The van der Waals surface area contributed by atoms with Crippen molar-refractivity contribution in [3.63, 3.8) is 0 Å². The molecule has 0 saturated heterocycles. The molecule has 5 heteroatoms. The van der Waals surface area contributed by atoms with Gasteiger partial charge in [-0.15, -0.1) is 0 Å². The van der Waals surface area contributed by atoms with Crippen molar-refractivity contribution in [2.24, 2.45) is 0 Å². The largest absolute Gasteiger partial charge is 0.353 e. The minimum atomic E-state index is 0.0241. The highest BCUT2D eigenvalue weighted by Gasteiger charge is 2.20. The molecule has 1 N–H and O–H groups in total. The molecule has 0 bridgehead atoms. The zero-order chi connectivity index (χ0) is 13.9. The Kier molecular flexibility index (Phi) is 3.74. The maximum Gasteiger partial charge on any atom is 0.224 e. The molecule has 1 unspecified atom stereocenters. The lowest BCUT2D eigenvalue weighted by Crippen LogP contribution is -2.40. The minimum Gasteiger partial charge on any atom is -0.353 e. The molecule has 0 saturated carbocycles. The van der Waals surface area contributed by atoms with Gasteiger partial charge >= 0.3 is 0 Å². The Morgan fingerprint density at radius 1 is 1.45 bits per heavy atom. The van der Waals surface area contributed by atoms with E-state index in [0.717, 1.165) is 24.9 Å². The number of nitrogens with one attached hydrogen (secondary N) is 1. The fourth-order valence-electron chi connectivity index (χ4n) is 2.59. The van der Waals surface area contributed by atoms with Gasteiger partial charge in [-0.05, 0) is 18.1 Å². The van der Waals surface area contributed by atoms with E-state index in [0.29, 0.717) is 11.4 Å². The van der Waals surface area contributed by atoms with Crippen LogP contribution in [0, 0.1) is 0 Å². The van der Waals surface area contributed by atoms with Crippen LogP contribution in [0.3, 0.4) is 0 Å². The molecule has 0 radical (unpaired) electrons. The standard InChI is InChI=1S/C15H16ClN3O/c16-14-4-2-1-3-11(14)7-15(20)18-12-5-6-19-10-17-9-13(19)8-12/h1-4,9-10,12H,5-8H2,(H,18,20). The van der Waals surface area contributed by atoms with Gasteiger partial charge in [-0.25, -0.2) is 4.98 Å². The molecule has 1 aromatic carbocycles. The average Bonchev–Trinajstić information content (AvgIpc) is 2.89. The van der Waals surface area contributed by atoms with E-state index < -0.39 is 0 Å². The van der Waals surface area contributed by atoms with Crippen molar-refractivity contribution in [1.82, 2.24) is 14.9 Å². The van der Waals surface area contributed by atoms with Crippen LogP contribution in [0.5, 0.6) is 0 Å². The zero-order valence-electron chi connectivity index (χ0n) is 11.1. The van der Waals surface area contributed by atoms with Gasteiger partial charge < -0.3 is 9.88 Å². The van der Waals surface area contributed by atoms with Gasteiger partial charge in [0.15, 0.2) is 0 Å². The molecule has 1 aromatic heterocycles. The number of hydrogen-bond acceptors (Lipinski definition) is 2. The number of amides is 1. The number of imidazole rings is 1. The highest BCUT2D eigenvalue weighted by molar-refractivity contribution is 6.31. The number of carbonyl (C=O) groups excluding carboxylic acids is 1. The van der Waals surface area contributed by atoms with Crippen molar-refractivity contribution >= 4 is 17.5 Å². The molecule has 1 atom stereocenters. The number of benzene rings is 1.